The van der Waals surface area contributed by atoms with Crippen LogP contribution in [-0.2, 0) is 11.2 Å². The average molecular weight is 444 g/mol. The van der Waals surface area contributed by atoms with Crippen LogP contribution in [0.5, 0.6) is 11.5 Å². The number of aromatic amines is 1. The number of fused-ring (bicyclic) bond motifs is 1. The molecule has 0 radical (unpaired) electrons. The van der Waals surface area contributed by atoms with E-state index in [0.29, 0.717) is 0 Å². The Morgan fingerprint density at radius 2 is 1.73 bits per heavy atom. The van der Waals surface area contributed by atoms with Gasteiger partial charge in [0.2, 0.25) is 0 Å². The van der Waals surface area contributed by atoms with Crippen LogP contribution in [0.4, 0.5) is 0 Å². The van der Waals surface area contributed by atoms with E-state index in [4.69, 9.17) is 14.2 Å². The van der Waals surface area contributed by atoms with Crippen LogP contribution >= 0.6 is 0 Å². The van der Waals surface area contributed by atoms with Crippen LogP contribution in [0.3, 0.4) is 0 Å². The third-order valence-electron chi connectivity index (χ3n) is 6.33. The molecule has 1 fully saturated rings. The summed E-state index contributed by atoms with van der Waals surface area (Å²) in [6, 6.07) is 16.5. The minimum absolute atomic E-state index is 0.807. The number of methoxy groups -OCH3 is 2. The Hall–Kier alpha value is -3.35. The lowest BCUT2D eigenvalue weighted by Gasteiger charge is -2.26. The molecule has 2 aromatic heterocycles. The Morgan fingerprint density at radius 3 is 2.48 bits per heavy atom. The third-order valence-corrected chi connectivity index (χ3v) is 6.33. The number of ether oxygens (including phenoxy) is 3. The fourth-order valence-corrected chi connectivity index (χ4v) is 4.54. The first-order chi connectivity index (χ1) is 16.3. The maximum atomic E-state index is 5.66. The van der Waals surface area contributed by atoms with Gasteiger partial charge >= 0.3 is 0 Å². The van der Waals surface area contributed by atoms with Crippen molar-refractivity contribution in [1.82, 2.24) is 14.9 Å². The molecule has 0 aliphatic carbocycles. The molecule has 0 spiro atoms. The smallest absolute Gasteiger partial charge is 0.142 e. The van der Waals surface area contributed by atoms with Gasteiger partial charge in [-0.2, -0.15) is 0 Å². The van der Waals surface area contributed by atoms with E-state index in [1.54, 1.807) is 14.2 Å². The lowest BCUT2D eigenvalue weighted by atomic mass is 9.98. The van der Waals surface area contributed by atoms with Gasteiger partial charge in [0, 0.05) is 66.2 Å². The number of nitrogens with zero attached hydrogens (tertiary/aromatic N) is 2. The second-order valence-electron chi connectivity index (χ2n) is 8.26. The molecule has 6 nitrogen and oxygen atoms in total. The highest BCUT2D eigenvalue weighted by atomic mass is 16.5. The third kappa shape index (κ3) is 4.45. The van der Waals surface area contributed by atoms with E-state index in [0.717, 1.165) is 78.4 Å². The van der Waals surface area contributed by atoms with Gasteiger partial charge in [0.1, 0.15) is 11.5 Å². The Morgan fingerprint density at radius 1 is 0.939 bits per heavy atom. The van der Waals surface area contributed by atoms with Crippen LogP contribution in [0.25, 0.3) is 33.2 Å². The van der Waals surface area contributed by atoms with Gasteiger partial charge in [0.05, 0.1) is 33.0 Å². The molecule has 6 heteroatoms. The van der Waals surface area contributed by atoms with Gasteiger partial charge in [-0.1, -0.05) is 24.3 Å². The molecule has 5 rings (SSSR count). The molecule has 2 aromatic carbocycles. The summed E-state index contributed by atoms with van der Waals surface area (Å²) in [5.74, 6) is 1.70. The molecular weight excluding hydrogens is 414 g/mol. The molecular formula is C27H29N3O3. The van der Waals surface area contributed by atoms with Crippen molar-refractivity contribution in [2.24, 2.45) is 0 Å². The fraction of sp³-hybridized carbons (Fsp3) is 0.296. The van der Waals surface area contributed by atoms with Gasteiger partial charge in [0.25, 0.3) is 0 Å². The Kier molecular flexibility index (Phi) is 6.28. The van der Waals surface area contributed by atoms with Crippen LogP contribution in [0, 0.1) is 0 Å². The number of para-hydroxylation sites is 1. The van der Waals surface area contributed by atoms with Crippen molar-refractivity contribution >= 4 is 10.9 Å². The molecule has 0 atom stereocenters. The lowest BCUT2D eigenvalue weighted by Crippen LogP contribution is -2.37. The second kappa shape index (κ2) is 9.65. The normalized spacial score (nSPS) is 14.5. The van der Waals surface area contributed by atoms with Crippen LogP contribution < -0.4 is 9.47 Å². The lowest BCUT2D eigenvalue weighted by molar-refractivity contribution is 0.0384. The topological polar surface area (TPSA) is 59.6 Å². The molecule has 1 aliphatic heterocycles. The van der Waals surface area contributed by atoms with Crippen LogP contribution in [-0.4, -0.2) is 61.9 Å². The van der Waals surface area contributed by atoms with Gasteiger partial charge in [-0.3, -0.25) is 9.88 Å². The van der Waals surface area contributed by atoms with Crippen molar-refractivity contribution < 1.29 is 14.2 Å². The predicted molar refractivity (Wildman–Crippen MR) is 131 cm³/mol. The molecule has 33 heavy (non-hydrogen) atoms. The van der Waals surface area contributed by atoms with Crippen molar-refractivity contribution in [3.8, 4) is 33.8 Å². The molecule has 0 unspecified atom stereocenters. The van der Waals surface area contributed by atoms with Crippen LogP contribution in [0.1, 0.15) is 5.69 Å². The summed E-state index contributed by atoms with van der Waals surface area (Å²) >= 11 is 0. The van der Waals surface area contributed by atoms with E-state index in [-0.39, 0.29) is 0 Å². The Labute approximate surface area is 194 Å². The molecule has 0 saturated carbocycles. The first-order valence-corrected chi connectivity index (χ1v) is 11.3. The number of hydrogen-bond donors (Lipinski definition) is 1. The summed E-state index contributed by atoms with van der Waals surface area (Å²) in [5, 5.41) is 1.15. The first kappa shape index (κ1) is 21.5. The zero-order valence-corrected chi connectivity index (χ0v) is 19.1. The number of rotatable bonds is 7. The molecule has 1 saturated heterocycles. The Bertz CT molecular complexity index is 1230. The Balaban J connectivity index is 1.55. The maximum Gasteiger partial charge on any atom is 0.142 e. The SMILES string of the molecule is COc1ccc(-c2cncc(-c3c(CCN4CCOCC4)[nH]c4c(OC)cccc34)c2)cc1. The summed E-state index contributed by atoms with van der Waals surface area (Å²) in [6.45, 7) is 4.56. The first-order valence-electron chi connectivity index (χ1n) is 11.3. The van der Waals surface area contributed by atoms with Gasteiger partial charge in [0.15, 0.2) is 0 Å². The van der Waals surface area contributed by atoms with Crippen LogP contribution in [0.15, 0.2) is 60.9 Å². The van der Waals surface area contributed by atoms with E-state index >= 15 is 0 Å². The number of morpholine rings is 1. The number of hydrogen-bond acceptors (Lipinski definition) is 5. The molecule has 170 valence electrons. The number of benzene rings is 2. The summed E-state index contributed by atoms with van der Waals surface area (Å²) in [7, 11) is 3.40. The fourth-order valence-electron chi connectivity index (χ4n) is 4.54. The van der Waals surface area contributed by atoms with Crippen molar-refractivity contribution in [1.29, 1.82) is 0 Å². The van der Waals surface area contributed by atoms with E-state index in [1.807, 2.05) is 36.7 Å². The number of aromatic nitrogens is 2. The van der Waals surface area contributed by atoms with Crippen molar-refractivity contribution in [3.05, 3.63) is 66.6 Å². The van der Waals surface area contributed by atoms with Crippen LogP contribution in [0.2, 0.25) is 0 Å². The molecule has 1 aliphatic rings. The van der Waals surface area contributed by atoms with Crippen molar-refractivity contribution in [3.63, 3.8) is 0 Å². The predicted octanol–water partition coefficient (Wildman–Crippen LogP) is 4.79. The largest absolute Gasteiger partial charge is 0.497 e. The number of H-pyrrole nitrogens is 1. The van der Waals surface area contributed by atoms with Gasteiger partial charge in [-0.25, -0.2) is 0 Å². The maximum absolute atomic E-state index is 5.66. The summed E-state index contributed by atoms with van der Waals surface area (Å²) in [4.78, 5) is 10.7. The highest BCUT2D eigenvalue weighted by molar-refractivity contribution is 6.00. The standard InChI is InChI=1S/C27H29N3O3/c1-31-22-8-6-19(7-9-22)20-16-21(18-28-17-20)26-23-4-3-5-25(32-2)27(23)29-24(26)10-11-30-12-14-33-15-13-30/h3-9,16-18,29H,10-15H2,1-2H3. The van der Waals surface area contributed by atoms with Gasteiger partial charge < -0.3 is 19.2 Å². The van der Waals surface area contributed by atoms with Gasteiger partial charge in [-0.15, -0.1) is 0 Å². The number of pyridine rings is 1. The monoisotopic (exact) mass is 443 g/mol. The zero-order valence-electron chi connectivity index (χ0n) is 19.1. The van der Waals surface area contributed by atoms with E-state index in [9.17, 15) is 0 Å². The second-order valence-corrected chi connectivity index (χ2v) is 8.26. The highest BCUT2D eigenvalue weighted by Gasteiger charge is 2.18. The molecule has 0 amide bonds. The molecule has 0 bridgehead atoms. The van der Waals surface area contributed by atoms with Crippen molar-refractivity contribution in [2.45, 2.75) is 6.42 Å². The van der Waals surface area contributed by atoms with E-state index < -0.39 is 0 Å². The number of nitrogens with one attached hydrogen (secondary N) is 1. The molecule has 4 aromatic rings. The minimum Gasteiger partial charge on any atom is -0.497 e. The molecule has 3 heterocycles. The zero-order chi connectivity index (χ0) is 22.6. The summed E-state index contributed by atoms with van der Waals surface area (Å²) in [6.07, 6.45) is 4.78. The van der Waals surface area contributed by atoms with Gasteiger partial charge in [-0.05, 0) is 29.8 Å². The summed E-state index contributed by atoms with van der Waals surface area (Å²) in [5.41, 5.74) is 6.71. The average Bonchev–Trinajstić information content (AvgIpc) is 3.27. The van der Waals surface area contributed by atoms with E-state index in [1.165, 1.54) is 11.3 Å². The van der Waals surface area contributed by atoms with E-state index in [2.05, 4.69) is 39.1 Å². The highest BCUT2D eigenvalue weighted by Crippen LogP contribution is 2.38. The quantitative estimate of drug-likeness (QED) is 0.445. The minimum atomic E-state index is 0.807. The van der Waals surface area contributed by atoms with Crippen molar-refractivity contribution in [2.75, 3.05) is 47.1 Å². The molecule has 1 N–H and O–H groups in total. The summed E-state index contributed by atoms with van der Waals surface area (Å²) < 4.78 is 16.5.